The zero-order valence-corrected chi connectivity index (χ0v) is 14.0. The second-order valence-corrected chi connectivity index (χ2v) is 5.81. The normalized spacial score (nSPS) is 12.7. The summed E-state index contributed by atoms with van der Waals surface area (Å²) in [6.45, 7) is 3.04. The van der Waals surface area contributed by atoms with E-state index in [9.17, 15) is 9.90 Å². The van der Waals surface area contributed by atoms with Crippen molar-refractivity contribution < 1.29 is 9.90 Å². The van der Waals surface area contributed by atoms with E-state index in [1.54, 1.807) is 12.4 Å². The van der Waals surface area contributed by atoms with Gasteiger partial charge in [-0.1, -0.05) is 19.8 Å². The zero-order chi connectivity index (χ0) is 16.8. The van der Waals surface area contributed by atoms with Gasteiger partial charge in [0.05, 0.1) is 13.1 Å². The van der Waals surface area contributed by atoms with E-state index in [4.69, 9.17) is 0 Å². The van der Waals surface area contributed by atoms with Crippen molar-refractivity contribution in [2.45, 2.75) is 45.3 Å². The van der Waals surface area contributed by atoms with Crippen molar-refractivity contribution in [3.8, 4) is 0 Å². The number of hydrogen-bond donors (Lipinski definition) is 1. The van der Waals surface area contributed by atoms with Crippen LogP contribution >= 0.6 is 0 Å². The molecule has 1 unspecified atom stereocenters. The van der Waals surface area contributed by atoms with Crippen molar-refractivity contribution in [2.24, 2.45) is 14.1 Å². The fourth-order valence-corrected chi connectivity index (χ4v) is 2.60. The summed E-state index contributed by atoms with van der Waals surface area (Å²) >= 11 is 0. The molecule has 2 aromatic rings. The quantitative estimate of drug-likeness (QED) is 0.763. The number of nitrogens with zero attached hydrogens (tertiary/aromatic N) is 5. The number of aromatic nitrogens is 4. The Balaban J connectivity index is 2.23. The lowest BCUT2D eigenvalue weighted by molar-refractivity contribution is -0.144. The van der Waals surface area contributed by atoms with Crippen molar-refractivity contribution in [3.05, 3.63) is 36.4 Å². The van der Waals surface area contributed by atoms with Crippen molar-refractivity contribution >= 4 is 5.97 Å². The molecule has 0 amide bonds. The summed E-state index contributed by atoms with van der Waals surface area (Å²) in [4.78, 5) is 22.4. The number of rotatable bonds is 9. The summed E-state index contributed by atoms with van der Waals surface area (Å²) in [6, 6.07) is -0.539. The van der Waals surface area contributed by atoms with E-state index in [-0.39, 0.29) is 0 Å². The highest BCUT2D eigenvalue weighted by molar-refractivity contribution is 5.73. The highest BCUT2D eigenvalue weighted by atomic mass is 16.4. The Morgan fingerprint density at radius 2 is 1.70 bits per heavy atom. The van der Waals surface area contributed by atoms with Crippen molar-refractivity contribution in [1.29, 1.82) is 0 Å². The van der Waals surface area contributed by atoms with Crippen LogP contribution in [0.5, 0.6) is 0 Å². The summed E-state index contributed by atoms with van der Waals surface area (Å²) in [5.74, 6) is 0.908. The molecule has 0 aliphatic carbocycles. The minimum absolute atomic E-state index is 0.483. The monoisotopic (exact) mass is 319 g/mol. The molecule has 23 heavy (non-hydrogen) atoms. The van der Waals surface area contributed by atoms with Crippen LogP contribution in [0.25, 0.3) is 0 Å². The molecule has 0 spiro atoms. The molecule has 7 heteroatoms. The number of hydrogen-bond acceptors (Lipinski definition) is 4. The van der Waals surface area contributed by atoms with Gasteiger partial charge in [0.2, 0.25) is 0 Å². The second kappa shape index (κ2) is 7.92. The third kappa shape index (κ3) is 4.41. The van der Waals surface area contributed by atoms with Gasteiger partial charge in [-0.15, -0.1) is 0 Å². The number of aryl methyl sites for hydroxylation is 2. The largest absolute Gasteiger partial charge is 0.480 e. The molecule has 0 radical (unpaired) electrons. The first-order valence-corrected chi connectivity index (χ1v) is 7.92. The van der Waals surface area contributed by atoms with Crippen LogP contribution in [0.4, 0.5) is 0 Å². The maximum Gasteiger partial charge on any atom is 0.320 e. The van der Waals surface area contributed by atoms with E-state index < -0.39 is 12.0 Å². The molecule has 1 N–H and O–H groups in total. The van der Waals surface area contributed by atoms with Crippen molar-refractivity contribution in [1.82, 2.24) is 24.0 Å². The minimum atomic E-state index is -0.790. The molecule has 0 fully saturated rings. The van der Waals surface area contributed by atoms with Crippen LogP contribution < -0.4 is 0 Å². The molecular formula is C16H25N5O2. The lowest BCUT2D eigenvalue weighted by Crippen LogP contribution is -2.41. The van der Waals surface area contributed by atoms with Crippen molar-refractivity contribution in [3.63, 3.8) is 0 Å². The molecule has 1 atom stereocenters. The first-order chi connectivity index (χ1) is 11.0. The molecule has 7 nitrogen and oxygen atoms in total. The number of imidazole rings is 2. The smallest absolute Gasteiger partial charge is 0.320 e. The van der Waals surface area contributed by atoms with E-state index in [1.165, 1.54) is 0 Å². The Kier molecular flexibility index (Phi) is 5.92. The molecule has 2 rings (SSSR count). The Hall–Kier alpha value is -2.15. The molecule has 0 aromatic carbocycles. The van der Waals surface area contributed by atoms with Crippen LogP contribution in [0.2, 0.25) is 0 Å². The fraction of sp³-hybridized carbons (Fsp3) is 0.562. The van der Waals surface area contributed by atoms with Gasteiger partial charge in [-0.2, -0.15) is 0 Å². The summed E-state index contributed by atoms with van der Waals surface area (Å²) in [5, 5.41) is 9.67. The SMILES string of the molecule is CCCCC(C(=O)O)N(Cc1nccn1C)Cc1nccn1C. The molecule has 2 aromatic heterocycles. The van der Waals surface area contributed by atoms with E-state index in [0.717, 1.165) is 24.5 Å². The van der Waals surface area contributed by atoms with Crippen LogP contribution in [0.3, 0.4) is 0 Å². The standard InChI is InChI=1S/C16H25N5O2/c1-4-5-6-13(16(22)23)21(11-14-17-7-9-19(14)2)12-15-18-8-10-20(15)3/h7-10,13H,4-6,11-12H2,1-3H3,(H,22,23). The third-order valence-electron chi connectivity index (χ3n) is 4.09. The average Bonchev–Trinajstić information content (AvgIpc) is 3.08. The molecule has 2 heterocycles. The van der Waals surface area contributed by atoms with Gasteiger partial charge in [0.15, 0.2) is 0 Å². The molecule has 0 saturated heterocycles. The Morgan fingerprint density at radius 1 is 1.17 bits per heavy atom. The number of aliphatic carboxylic acids is 1. The third-order valence-corrected chi connectivity index (χ3v) is 4.09. The summed E-state index contributed by atoms with van der Waals surface area (Å²) in [5.41, 5.74) is 0. The Labute approximate surface area is 136 Å². The van der Waals surface area contributed by atoms with E-state index in [0.29, 0.717) is 19.5 Å². The van der Waals surface area contributed by atoms with Gasteiger partial charge < -0.3 is 14.2 Å². The fourth-order valence-electron chi connectivity index (χ4n) is 2.60. The van der Waals surface area contributed by atoms with Crippen LogP contribution in [0.15, 0.2) is 24.8 Å². The molecule has 0 bridgehead atoms. The maximum absolute atomic E-state index is 11.8. The summed E-state index contributed by atoms with van der Waals surface area (Å²) in [7, 11) is 3.84. The number of carboxylic acids is 1. The average molecular weight is 319 g/mol. The van der Waals surface area contributed by atoms with E-state index >= 15 is 0 Å². The highest BCUT2D eigenvalue weighted by Gasteiger charge is 2.27. The number of unbranched alkanes of at least 4 members (excludes halogenated alkanes) is 1. The molecule has 0 saturated carbocycles. The van der Waals surface area contributed by atoms with Gasteiger partial charge in [0.1, 0.15) is 17.7 Å². The van der Waals surface area contributed by atoms with Crippen LogP contribution in [0.1, 0.15) is 37.8 Å². The molecule has 0 aliphatic rings. The van der Waals surface area contributed by atoms with Crippen LogP contribution in [0, 0.1) is 0 Å². The van der Waals surface area contributed by atoms with Gasteiger partial charge in [-0.05, 0) is 6.42 Å². The first kappa shape index (κ1) is 17.2. The predicted molar refractivity (Wildman–Crippen MR) is 86.6 cm³/mol. The van der Waals surface area contributed by atoms with E-state index in [2.05, 4.69) is 16.9 Å². The number of carbonyl (C=O) groups is 1. The van der Waals surface area contributed by atoms with Gasteiger partial charge in [-0.25, -0.2) is 9.97 Å². The first-order valence-electron chi connectivity index (χ1n) is 7.92. The topological polar surface area (TPSA) is 76.2 Å². The molecule has 126 valence electrons. The number of carboxylic acid groups (broad SMARTS) is 1. The Morgan fingerprint density at radius 3 is 2.04 bits per heavy atom. The molecular weight excluding hydrogens is 294 g/mol. The Bertz CT molecular complexity index is 592. The maximum atomic E-state index is 11.8. The molecule has 0 aliphatic heterocycles. The van der Waals surface area contributed by atoms with Crippen molar-refractivity contribution in [2.75, 3.05) is 0 Å². The predicted octanol–water partition coefficient (Wildman–Crippen LogP) is 1.80. The van der Waals surface area contributed by atoms with E-state index in [1.807, 2.05) is 40.5 Å². The lowest BCUT2D eigenvalue weighted by Gasteiger charge is -2.28. The van der Waals surface area contributed by atoms with Gasteiger partial charge in [0.25, 0.3) is 0 Å². The van der Waals surface area contributed by atoms with Gasteiger partial charge >= 0.3 is 5.97 Å². The lowest BCUT2D eigenvalue weighted by atomic mass is 10.1. The summed E-state index contributed by atoms with van der Waals surface area (Å²) < 4.78 is 3.84. The summed E-state index contributed by atoms with van der Waals surface area (Å²) in [6.07, 6.45) is 9.69. The van der Waals surface area contributed by atoms with Gasteiger partial charge in [0, 0.05) is 38.9 Å². The van der Waals surface area contributed by atoms with Crippen LogP contribution in [-0.2, 0) is 32.0 Å². The minimum Gasteiger partial charge on any atom is -0.480 e. The zero-order valence-electron chi connectivity index (χ0n) is 14.0. The second-order valence-electron chi connectivity index (χ2n) is 5.81. The highest BCUT2D eigenvalue weighted by Crippen LogP contribution is 2.16. The van der Waals surface area contributed by atoms with Crippen LogP contribution in [-0.4, -0.2) is 41.1 Å². The van der Waals surface area contributed by atoms with Gasteiger partial charge in [-0.3, -0.25) is 9.69 Å².